The fourth-order valence-corrected chi connectivity index (χ4v) is 1.40. The summed E-state index contributed by atoms with van der Waals surface area (Å²) < 4.78 is 0. The lowest BCUT2D eigenvalue weighted by Crippen LogP contribution is -2.29. The molecule has 0 aliphatic heterocycles. The fraction of sp³-hybridized carbons (Fsp3) is 0.455. The number of hydrogen-bond acceptors (Lipinski definition) is 4. The van der Waals surface area contributed by atoms with Crippen molar-refractivity contribution in [3.8, 4) is 0 Å². The maximum Gasteiger partial charge on any atom is 0.252 e. The van der Waals surface area contributed by atoms with Crippen molar-refractivity contribution in [1.82, 2.24) is 9.97 Å². The van der Waals surface area contributed by atoms with Crippen LogP contribution in [0.1, 0.15) is 12.7 Å². The van der Waals surface area contributed by atoms with Gasteiger partial charge >= 0.3 is 0 Å². The van der Waals surface area contributed by atoms with Gasteiger partial charge in [0.25, 0.3) is 5.56 Å². The van der Waals surface area contributed by atoms with Gasteiger partial charge in [0.15, 0.2) is 0 Å². The number of H-pyrrole nitrogens is 1. The zero-order valence-corrected chi connectivity index (χ0v) is 9.44. The van der Waals surface area contributed by atoms with Crippen LogP contribution in [0.2, 0.25) is 0 Å². The zero-order valence-electron chi connectivity index (χ0n) is 9.44. The minimum atomic E-state index is -0.172. The smallest absolute Gasteiger partial charge is 0.252 e. The summed E-state index contributed by atoms with van der Waals surface area (Å²) >= 11 is 0. The van der Waals surface area contributed by atoms with Crippen molar-refractivity contribution in [3.63, 3.8) is 0 Å². The van der Waals surface area contributed by atoms with Crippen molar-refractivity contribution >= 4 is 5.82 Å². The molecule has 1 rings (SSSR count). The van der Waals surface area contributed by atoms with Crippen molar-refractivity contribution in [1.29, 1.82) is 0 Å². The van der Waals surface area contributed by atoms with Crippen LogP contribution in [0.25, 0.3) is 0 Å². The summed E-state index contributed by atoms with van der Waals surface area (Å²) in [6.07, 6.45) is 2.38. The average molecular weight is 223 g/mol. The van der Waals surface area contributed by atoms with E-state index in [1.807, 2.05) is 6.92 Å². The van der Waals surface area contributed by atoms with E-state index >= 15 is 0 Å². The molecule has 5 heteroatoms. The number of rotatable bonds is 6. The van der Waals surface area contributed by atoms with E-state index < -0.39 is 0 Å². The van der Waals surface area contributed by atoms with Gasteiger partial charge in [-0.05, 0) is 0 Å². The second-order valence-corrected chi connectivity index (χ2v) is 3.36. The molecule has 16 heavy (non-hydrogen) atoms. The summed E-state index contributed by atoms with van der Waals surface area (Å²) in [7, 11) is 0. The van der Waals surface area contributed by atoms with Crippen molar-refractivity contribution in [2.75, 3.05) is 24.6 Å². The van der Waals surface area contributed by atoms with E-state index in [0.717, 1.165) is 0 Å². The molecule has 0 spiro atoms. The number of aromatic amines is 1. The van der Waals surface area contributed by atoms with Gasteiger partial charge in [-0.2, -0.15) is 0 Å². The van der Waals surface area contributed by atoms with Crippen LogP contribution in [-0.4, -0.2) is 34.8 Å². The molecule has 0 saturated carbocycles. The van der Waals surface area contributed by atoms with E-state index in [4.69, 9.17) is 5.11 Å². The normalized spacial score (nSPS) is 10.1. The Morgan fingerprint density at radius 3 is 3.00 bits per heavy atom. The first-order valence-electron chi connectivity index (χ1n) is 5.28. The number of aromatic nitrogens is 2. The maximum atomic E-state index is 11.4. The van der Waals surface area contributed by atoms with Crippen LogP contribution in [0.4, 0.5) is 5.82 Å². The molecule has 1 aromatic heterocycles. The highest BCUT2D eigenvalue weighted by Gasteiger charge is 2.07. The third-order valence-corrected chi connectivity index (χ3v) is 2.16. The van der Waals surface area contributed by atoms with Gasteiger partial charge < -0.3 is 15.0 Å². The van der Waals surface area contributed by atoms with E-state index in [0.29, 0.717) is 31.2 Å². The number of anilines is 1. The van der Waals surface area contributed by atoms with Gasteiger partial charge in [0.05, 0.1) is 6.61 Å². The Bertz CT molecular complexity index is 400. The molecule has 88 valence electrons. The number of nitrogens with zero attached hydrogens (tertiary/aromatic N) is 2. The molecule has 0 aromatic carbocycles. The highest BCUT2D eigenvalue weighted by atomic mass is 16.3. The Morgan fingerprint density at radius 2 is 2.44 bits per heavy atom. The van der Waals surface area contributed by atoms with E-state index in [-0.39, 0.29) is 12.2 Å². The molecule has 0 fully saturated rings. The number of aliphatic hydroxyl groups is 1. The quantitative estimate of drug-likeness (QED) is 0.681. The van der Waals surface area contributed by atoms with Gasteiger partial charge in [0, 0.05) is 25.6 Å². The number of aryl methyl sites for hydroxylation is 1. The fourth-order valence-electron chi connectivity index (χ4n) is 1.40. The summed E-state index contributed by atoms with van der Waals surface area (Å²) in [6, 6.07) is 1.43. The molecule has 0 atom stereocenters. The Hall–Kier alpha value is -1.62. The monoisotopic (exact) mass is 223 g/mol. The predicted octanol–water partition coefficient (Wildman–Crippen LogP) is 0.317. The molecular formula is C11H17N3O2. The molecule has 1 aromatic rings. The van der Waals surface area contributed by atoms with Crippen LogP contribution in [0.3, 0.4) is 0 Å². The second kappa shape index (κ2) is 6.07. The Labute approximate surface area is 94.5 Å². The summed E-state index contributed by atoms with van der Waals surface area (Å²) in [4.78, 5) is 20.1. The van der Waals surface area contributed by atoms with E-state index in [2.05, 4.69) is 16.5 Å². The molecule has 0 saturated heterocycles. The van der Waals surface area contributed by atoms with Crippen molar-refractivity contribution in [3.05, 3.63) is 34.9 Å². The van der Waals surface area contributed by atoms with E-state index in [1.165, 1.54) is 6.07 Å². The van der Waals surface area contributed by atoms with Gasteiger partial charge in [-0.1, -0.05) is 13.0 Å². The lowest BCUT2D eigenvalue weighted by atomic mass is 10.4. The Balaban J connectivity index is 3.02. The lowest BCUT2D eigenvalue weighted by Gasteiger charge is -2.20. The topological polar surface area (TPSA) is 69.2 Å². The first-order valence-corrected chi connectivity index (χ1v) is 5.28. The molecule has 0 unspecified atom stereocenters. The molecule has 1 heterocycles. The zero-order chi connectivity index (χ0) is 12.0. The average Bonchev–Trinajstić information content (AvgIpc) is 2.28. The van der Waals surface area contributed by atoms with Crippen molar-refractivity contribution < 1.29 is 5.11 Å². The molecule has 0 radical (unpaired) electrons. The molecule has 0 amide bonds. The molecule has 0 aliphatic rings. The molecule has 0 aliphatic carbocycles. The third-order valence-electron chi connectivity index (χ3n) is 2.16. The van der Waals surface area contributed by atoms with Gasteiger partial charge in [-0.15, -0.1) is 6.58 Å². The standard InChI is InChI=1S/C11H17N3O2/c1-3-5-14(6-7-15)10-8-11(16)13-9(4-2)12-10/h3,8,15H,1,4-7H2,2H3,(H,12,13,16). The molecule has 5 nitrogen and oxygen atoms in total. The third kappa shape index (κ3) is 3.20. The number of aliphatic hydroxyl groups excluding tert-OH is 1. The highest BCUT2D eigenvalue weighted by molar-refractivity contribution is 5.38. The van der Waals surface area contributed by atoms with Gasteiger partial charge in [0.2, 0.25) is 0 Å². The van der Waals surface area contributed by atoms with E-state index in [1.54, 1.807) is 11.0 Å². The van der Waals surface area contributed by atoms with E-state index in [9.17, 15) is 4.79 Å². The number of nitrogens with one attached hydrogen (secondary N) is 1. The summed E-state index contributed by atoms with van der Waals surface area (Å²) in [5, 5.41) is 8.93. The largest absolute Gasteiger partial charge is 0.395 e. The van der Waals surface area contributed by atoms with Crippen LogP contribution in [0.5, 0.6) is 0 Å². The van der Waals surface area contributed by atoms with Gasteiger partial charge in [0.1, 0.15) is 11.6 Å². The molecule has 2 N–H and O–H groups in total. The summed E-state index contributed by atoms with van der Waals surface area (Å²) in [6.45, 7) is 6.57. The number of hydrogen-bond donors (Lipinski definition) is 2. The van der Waals surface area contributed by atoms with Crippen LogP contribution < -0.4 is 10.5 Å². The SMILES string of the molecule is C=CCN(CCO)c1cc(=O)[nH]c(CC)n1. The van der Waals surface area contributed by atoms with Crippen molar-refractivity contribution in [2.24, 2.45) is 0 Å². The summed E-state index contributed by atoms with van der Waals surface area (Å²) in [5.74, 6) is 1.23. The maximum absolute atomic E-state index is 11.4. The van der Waals surface area contributed by atoms with Crippen LogP contribution in [0, 0.1) is 0 Å². The van der Waals surface area contributed by atoms with Crippen LogP contribution >= 0.6 is 0 Å². The predicted molar refractivity (Wildman–Crippen MR) is 63.7 cm³/mol. The van der Waals surface area contributed by atoms with Gasteiger partial charge in [-0.25, -0.2) is 4.98 Å². The van der Waals surface area contributed by atoms with Crippen LogP contribution in [0.15, 0.2) is 23.5 Å². The van der Waals surface area contributed by atoms with Crippen molar-refractivity contribution in [2.45, 2.75) is 13.3 Å². The highest BCUT2D eigenvalue weighted by Crippen LogP contribution is 2.07. The Kier molecular flexibility index (Phi) is 4.72. The van der Waals surface area contributed by atoms with Crippen LogP contribution in [-0.2, 0) is 6.42 Å². The van der Waals surface area contributed by atoms with Gasteiger partial charge in [-0.3, -0.25) is 4.79 Å². The first-order chi connectivity index (χ1) is 7.71. The second-order valence-electron chi connectivity index (χ2n) is 3.36. The minimum absolute atomic E-state index is 0.0176. The molecular weight excluding hydrogens is 206 g/mol. The minimum Gasteiger partial charge on any atom is -0.395 e. The Morgan fingerprint density at radius 1 is 1.69 bits per heavy atom. The first kappa shape index (κ1) is 12.4. The molecule has 0 bridgehead atoms. The lowest BCUT2D eigenvalue weighted by molar-refractivity contribution is 0.302. The summed E-state index contributed by atoms with van der Waals surface area (Å²) in [5.41, 5.74) is -0.172.